The van der Waals surface area contributed by atoms with Gasteiger partial charge in [0.2, 0.25) is 0 Å². The van der Waals surface area contributed by atoms with Gasteiger partial charge in [-0.25, -0.2) is 4.39 Å². The number of likely N-dealkylation sites (tertiary alicyclic amines) is 1. The van der Waals surface area contributed by atoms with Crippen LogP contribution in [-0.4, -0.2) is 77.5 Å². The van der Waals surface area contributed by atoms with Crippen molar-refractivity contribution in [1.29, 1.82) is 5.41 Å². The van der Waals surface area contributed by atoms with E-state index in [1.54, 1.807) is 24.3 Å². The summed E-state index contributed by atoms with van der Waals surface area (Å²) in [5.41, 5.74) is 2.29. The lowest BCUT2D eigenvalue weighted by Crippen LogP contribution is -2.54. The highest BCUT2D eigenvalue weighted by Gasteiger charge is 2.39. The summed E-state index contributed by atoms with van der Waals surface area (Å²) in [5, 5.41) is 12.4. The maximum absolute atomic E-state index is 13.5. The monoisotopic (exact) mass is 679 g/mol. The molecule has 47 heavy (non-hydrogen) atoms. The van der Waals surface area contributed by atoms with Gasteiger partial charge >= 0.3 is 0 Å². The van der Waals surface area contributed by atoms with Gasteiger partial charge in [0, 0.05) is 69.1 Å². The van der Waals surface area contributed by atoms with E-state index in [9.17, 15) is 9.18 Å². The minimum Gasteiger partial charge on any atom is -0.492 e. The summed E-state index contributed by atoms with van der Waals surface area (Å²) in [4.78, 5) is 18.6. The third-order valence-corrected chi connectivity index (χ3v) is 9.84. The fourth-order valence-corrected chi connectivity index (χ4v) is 7.13. The molecule has 2 fully saturated rings. The van der Waals surface area contributed by atoms with Gasteiger partial charge in [-0.3, -0.25) is 14.6 Å². The third-order valence-electron chi connectivity index (χ3n) is 9.10. The minimum absolute atomic E-state index is 0.186. The van der Waals surface area contributed by atoms with Gasteiger partial charge in [-0.2, -0.15) is 0 Å². The van der Waals surface area contributed by atoms with E-state index in [0.717, 1.165) is 55.6 Å². The Bertz CT molecular complexity index is 1700. The van der Waals surface area contributed by atoms with Crippen LogP contribution in [0.15, 0.2) is 66.9 Å². The molecule has 2 bridgehead atoms. The number of hydrogen-bond donors (Lipinski definition) is 2. The zero-order valence-corrected chi connectivity index (χ0v) is 27.9. The Morgan fingerprint density at radius 1 is 1.04 bits per heavy atom. The molecule has 1 aromatic heterocycles. The first kappa shape index (κ1) is 33.3. The molecule has 0 saturated carbocycles. The minimum atomic E-state index is -0.399. The Morgan fingerprint density at radius 2 is 1.81 bits per heavy atom. The van der Waals surface area contributed by atoms with Crippen molar-refractivity contribution in [2.75, 3.05) is 32.8 Å². The molecule has 0 spiro atoms. The van der Waals surface area contributed by atoms with Gasteiger partial charge in [-0.05, 0) is 74.2 Å². The van der Waals surface area contributed by atoms with Gasteiger partial charge in [0.15, 0.2) is 0 Å². The summed E-state index contributed by atoms with van der Waals surface area (Å²) in [6, 6.07) is 18.3. The van der Waals surface area contributed by atoms with E-state index in [1.807, 2.05) is 37.4 Å². The predicted molar refractivity (Wildman–Crippen MR) is 185 cm³/mol. The number of piperazine rings is 1. The number of fused-ring (bicyclic) bond motifs is 3. The largest absolute Gasteiger partial charge is 0.492 e. The van der Waals surface area contributed by atoms with Crippen LogP contribution in [0.4, 0.5) is 4.39 Å². The zero-order chi connectivity index (χ0) is 32.9. The first-order valence-electron chi connectivity index (χ1n) is 16.2. The van der Waals surface area contributed by atoms with Gasteiger partial charge in [-0.1, -0.05) is 41.4 Å². The van der Waals surface area contributed by atoms with E-state index >= 15 is 0 Å². The number of carbonyl (C=O) groups is 1. The summed E-state index contributed by atoms with van der Waals surface area (Å²) in [7, 11) is 0. The quantitative estimate of drug-likeness (QED) is 0.140. The molecule has 2 aliphatic rings. The highest BCUT2D eigenvalue weighted by molar-refractivity contribution is 6.42. The summed E-state index contributed by atoms with van der Waals surface area (Å²) < 4.78 is 27.3. The lowest BCUT2D eigenvalue weighted by atomic mass is 10.1. The molecule has 2 aliphatic heterocycles. The number of aryl methyl sites for hydroxylation is 1. The highest BCUT2D eigenvalue weighted by Crippen LogP contribution is 2.33. The van der Waals surface area contributed by atoms with Crippen LogP contribution in [0.3, 0.4) is 0 Å². The molecule has 0 aliphatic carbocycles. The van der Waals surface area contributed by atoms with Crippen molar-refractivity contribution in [3.8, 4) is 11.5 Å². The third kappa shape index (κ3) is 7.92. The Balaban J connectivity index is 1.10. The van der Waals surface area contributed by atoms with Crippen molar-refractivity contribution in [1.82, 2.24) is 19.7 Å². The molecule has 4 aromatic rings. The SMILES string of the molecule is CC(C=N)Oc1cccc2c(C(=O)NCc3ccc(Cl)c(Cl)c3)cn(CCCN3C4CC[C@@H]3CN(CCOc3ccc(F)cc3)C4)c12. The van der Waals surface area contributed by atoms with Crippen molar-refractivity contribution < 1.29 is 18.7 Å². The smallest absolute Gasteiger partial charge is 0.253 e. The number of hydrogen-bond acceptors (Lipinski definition) is 6. The molecular weight excluding hydrogens is 640 g/mol. The van der Waals surface area contributed by atoms with Crippen LogP contribution in [0.25, 0.3) is 10.9 Å². The Hall–Kier alpha value is -3.63. The van der Waals surface area contributed by atoms with E-state index in [4.69, 9.17) is 38.1 Å². The van der Waals surface area contributed by atoms with Crippen molar-refractivity contribution in [3.05, 3.63) is 93.8 Å². The van der Waals surface area contributed by atoms with Gasteiger partial charge in [0.25, 0.3) is 5.91 Å². The van der Waals surface area contributed by atoms with Crippen molar-refractivity contribution >= 4 is 46.2 Å². The second-order valence-electron chi connectivity index (χ2n) is 12.3. The number of amides is 1. The van der Waals surface area contributed by atoms with Crippen LogP contribution in [0.2, 0.25) is 10.0 Å². The second-order valence-corrected chi connectivity index (χ2v) is 13.2. The summed E-state index contributed by atoms with van der Waals surface area (Å²) in [5.74, 6) is 0.898. The van der Waals surface area contributed by atoms with Crippen molar-refractivity contribution in [2.45, 2.75) is 57.5 Å². The number of halogens is 3. The molecule has 3 atom stereocenters. The first-order chi connectivity index (χ1) is 22.8. The van der Waals surface area contributed by atoms with E-state index in [-0.39, 0.29) is 11.7 Å². The van der Waals surface area contributed by atoms with Crippen LogP contribution in [0, 0.1) is 11.2 Å². The molecule has 248 valence electrons. The number of ether oxygens (including phenoxy) is 2. The zero-order valence-electron chi connectivity index (χ0n) is 26.4. The number of nitrogens with one attached hydrogen (secondary N) is 2. The van der Waals surface area contributed by atoms with E-state index in [2.05, 4.69) is 19.7 Å². The maximum atomic E-state index is 13.5. The van der Waals surface area contributed by atoms with E-state index in [0.29, 0.717) is 52.3 Å². The molecule has 2 unspecified atom stereocenters. The summed E-state index contributed by atoms with van der Waals surface area (Å²) >= 11 is 12.2. The predicted octanol–water partition coefficient (Wildman–Crippen LogP) is 7.05. The van der Waals surface area contributed by atoms with Crippen LogP contribution in [-0.2, 0) is 13.1 Å². The fourth-order valence-electron chi connectivity index (χ4n) is 6.81. The summed E-state index contributed by atoms with van der Waals surface area (Å²) in [6.07, 6.45) is 6.09. The number of aromatic nitrogens is 1. The molecular formula is C36H40Cl2FN5O3. The standard InChI is InChI=1S/C36H40Cl2FN5O3/c1-24(19-40)47-34-5-2-4-30-31(36(45)41-20-25-6-13-32(37)33(38)18-25)23-43(35(30)34)14-3-15-44-27-9-10-28(44)22-42(21-27)16-17-46-29-11-7-26(39)8-12-29/h2,4-8,11-13,18-19,23-24,27-28,40H,3,9-10,14-17,20-22H2,1H3,(H,41,45)/t24?,27-,28?/m1/s1. The van der Waals surface area contributed by atoms with Gasteiger partial charge in [0.1, 0.15) is 30.0 Å². The van der Waals surface area contributed by atoms with Crippen molar-refractivity contribution in [2.24, 2.45) is 0 Å². The number of benzene rings is 3. The molecule has 0 radical (unpaired) electrons. The molecule has 3 heterocycles. The number of para-hydroxylation sites is 1. The molecule has 2 N–H and O–H groups in total. The summed E-state index contributed by atoms with van der Waals surface area (Å²) in [6.45, 7) is 7.28. The first-order valence-corrected chi connectivity index (χ1v) is 16.9. The lowest BCUT2D eigenvalue weighted by molar-refractivity contribution is 0.0574. The van der Waals surface area contributed by atoms with E-state index < -0.39 is 6.10 Å². The molecule has 2 saturated heterocycles. The molecule has 8 nitrogen and oxygen atoms in total. The molecule has 6 rings (SSSR count). The Morgan fingerprint density at radius 3 is 2.53 bits per heavy atom. The van der Waals surface area contributed by atoms with Crippen LogP contribution >= 0.6 is 23.2 Å². The van der Waals surface area contributed by atoms with Crippen LogP contribution < -0.4 is 14.8 Å². The van der Waals surface area contributed by atoms with Gasteiger partial charge < -0.3 is 24.8 Å². The maximum Gasteiger partial charge on any atom is 0.253 e. The molecule has 1 amide bonds. The van der Waals surface area contributed by atoms with E-state index in [1.165, 1.54) is 31.2 Å². The van der Waals surface area contributed by atoms with Gasteiger partial charge in [-0.15, -0.1) is 0 Å². The Labute approximate surface area is 284 Å². The second kappa shape index (κ2) is 15.1. The normalized spacial score (nSPS) is 18.7. The van der Waals surface area contributed by atoms with Gasteiger partial charge in [0.05, 0.1) is 21.1 Å². The number of carbonyl (C=O) groups excluding carboxylic acids is 1. The highest BCUT2D eigenvalue weighted by atomic mass is 35.5. The molecule has 11 heteroatoms. The lowest BCUT2D eigenvalue weighted by Gasteiger charge is -2.41. The van der Waals surface area contributed by atoms with Crippen LogP contribution in [0.1, 0.15) is 42.1 Å². The molecule has 3 aromatic carbocycles. The van der Waals surface area contributed by atoms with Crippen LogP contribution in [0.5, 0.6) is 11.5 Å². The Kier molecular flexibility index (Phi) is 10.7. The average Bonchev–Trinajstić information content (AvgIpc) is 3.55. The van der Waals surface area contributed by atoms with Crippen molar-refractivity contribution in [3.63, 3.8) is 0 Å². The fraction of sp³-hybridized carbons (Fsp3) is 0.389. The number of nitrogens with zero attached hydrogens (tertiary/aromatic N) is 3. The average molecular weight is 681 g/mol. The topological polar surface area (TPSA) is 82.8 Å². The number of rotatable bonds is 14.